The molecule has 3 heterocycles. The van der Waals surface area contributed by atoms with Gasteiger partial charge in [-0.3, -0.25) is 23.9 Å². The maximum absolute atomic E-state index is 12.6. The van der Waals surface area contributed by atoms with E-state index >= 15 is 0 Å². The molecular formula is C21H24N6O2. The van der Waals surface area contributed by atoms with E-state index in [1.807, 2.05) is 17.5 Å². The van der Waals surface area contributed by atoms with Gasteiger partial charge >= 0.3 is 0 Å². The number of carbonyl (C=O) groups is 2. The number of hydrogen-bond donors (Lipinski definition) is 2. The van der Waals surface area contributed by atoms with Gasteiger partial charge < -0.3 is 10.6 Å². The van der Waals surface area contributed by atoms with E-state index in [4.69, 9.17) is 0 Å². The average molecular weight is 392 g/mol. The molecule has 150 valence electrons. The fourth-order valence-corrected chi connectivity index (χ4v) is 3.56. The van der Waals surface area contributed by atoms with Gasteiger partial charge in [0.25, 0.3) is 0 Å². The molecule has 1 atom stereocenters. The molecule has 0 bridgehead atoms. The molecule has 1 aliphatic heterocycles. The minimum absolute atomic E-state index is 0.0978. The molecule has 8 heteroatoms. The summed E-state index contributed by atoms with van der Waals surface area (Å²) in [5, 5.41) is 5.78. The Morgan fingerprint density at radius 1 is 1.28 bits per heavy atom. The zero-order chi connectivity index (χ0) is 20.2. The van der Waals surface area contributed by atoms with Crippen molar-refractivity contribution in [2.75, 3.05) is 13.1 Å². The van der Waals surface area contributed by atoms with E-state index in [0.29, 0.717) is 19.6 Å². The van der Waals surface area contributed by atoms with Crippen LogP contribution in [0.5, 0.6) is 0 Å². The minimum atomic E-state index is -0.476. The van der Waals surface area contributed by atoms with Crippen molar-refractivity contribution in [2.24, 2.45) is 0 Å². The Hall–Kier alpha value is -3.26. The number of nitrogens with one attached hydrogen (secondary N) is 2. The summed E-state index contributed by atoms with van der Waals surface area (Å²) >= 11 is 0. The predicted octanol–water partition coefficient (Wildman–Crippen LogP) is 1.04. The lowest BCUT2D eigenvalue weighted by Crippen LogP contribution is -2.56. The summed E-state index contributed by atoms with van der Waals surface area (Å²) in [4.78, 5) is 35.4. The highest BCUT2D eigenvalue weighted by molar-refractivity contribution is 5.88. The summed E-state index contributed by atoms with van der Waals surface area (Å²) in [7, 11) is 0. The molecule has 1 aliphatic rings. The molecule has 2 amide bonds. The van der Waals surface area contributed by atoms with Gasteiger partial charge in [-0.25, -0.2) is 4.98 Å². The van der Waals surface area contributed by atoms with Crippen LogP contribution in [0.15, 0.2) is 49.1 Å². The molecule has 3 aromatic rings. The summed E-state index contributed by atoms with van der Waals surface area (Å²) in [6.45, 7) is 4.35. The van der Waals surface area contributed by atoms with Crippen LogP contribution in [0.1, 0.15) is 23.2 Å². The van der Waals surface area contributed by atoms with Gasteiger partial charge in [0.2, 0.25) is 11.8 Å². The van der Waals surface area contributed by atoms with Crippen molar-refractivity contribution in [1.29, 1.82) is 0 Å². The SMILES string of the molecule is Cc1ccc(CN2CCNC(=O)[C@H]2CC(=O)NCc2cnc3cnccn23)cc1. The van der Waals surface area contributed by atoms with Crippen LogP contribution in [0.2, 0.25) is 0 Å². The molecule has 0 spiro atoms. The highest BCUT2D eigenvalue weighted by Crippen LogP contribution is 2.15. The number of nitrogens with zero attached hydrogens (tertiary/aromatic N) is 4. The standard InChI is InChI=1S/C21H24N6O2/c1-15-2-4-16(5-3-15)14-26-8-7-23-21(29)18(26)10-20(28)25-12-17-11-24-19-13-22-6-9-27(17)19/h2-6,9,11,13,18H,7-8,10,12,14H2,1H3,(H,23,29)(H,25,28)/t18-/m1/s1. The van der Waals surface area contributed by atoms with E-state index in [-0.39, 0.29) is 18.2 Å². The topological polar surface area (TPSA) is 91.6 Å². The van der Waals surface area contributed by atoms with Gasteiger partial charge in [-0.05, 0) is 12.5 Å². The fraction of sp³-hybridized carbons (Fsp3) is 0.333. The van der Waals surface area contributed by atoms with Crippen LogP contribution >= 0.6 is 0 Å². The molecule has 0 aliphatic carbocycles. The highest BCUT2D eigenvalue weighted by Gasteiger charge is 2.31. The largest absolute Gasteiger partial charge is 0.353 e. The van der Waals surface area contributed by atoms with E-state index in [9.17, 15) is 9.59 Å². The molecule has 0 radical (unpaired) electrons. The second kappa shape index (κ2) is 8.40. The van der Waals surface area contributed by atoms with Crippen molar-refractivity contribution in [2.45, 2.75) is 32.5 Å². The number of fused-ring (bicyclic) bond motifs is 1. The molecule has 0 saturated carbocycles. The number of hydrogen-bond acceptors (Lipinski definition) is 5. The van der Waals surface area contributed by atoms with Gasteiger partial charge in [0.05, 0.1) is 37.1 Å². The first-order valence-electron chi connectivity index (χ1n) is 9.70. The Morgan fingerprint density at radius 2 is 2.10 bits per heavy atom. The minimum Gasteiger partial charge on any atom is -0.353 e. The van der Waals surface area contributed by atoms with Crippen molar-refractivity contribution >= 4 is 17.5 Å². The van der Waals surface area contributed by atoms with Crippen LogP contribution in [-0.2, 0) is 22.7 Å². The number of aromatic nitrogens is 3. The molecule has 4 rings (SSSR count). The first-order chi connectivity index (χ1) is 14.1. The van der Waals surface area contributed by atoms with E-state index in [1.54, 1.807) is 18.6 Å². The normalized spacial score (nSPS) is 17.3. The van der Waals surface area contributed by atoms with Gasteiger partial charge in [-0.15, -0.1) is 0 Å². The predicted molar refractivity (Wildman–Crippen MR) is 108 cm³/mol. The fourth-order valence-electron chi connectivity index (χ4n) is 3.56. The smallest absolute Gasteiger partial charge is 0.237 e. The summed E-state index contributed by atoms with van der Waals surface area (Å²) in [5.74, 6) is -0.260. The van der Waals surface area contributed by atoms with Gasteiger partial charge in [0.1, 0.15) is 0 Å². The van der Waals surface area contributed by atoms with Crippen LogP contribution < -0.4 is 10.6 Å². The molecule has 2 aromatic heterocycles. The van der Waals surface area contributed by atoms with Crippen LogP contribution in [0.4, 0.5) is 0 Å². The van der Waals surface area contributed by atoms with Crippen molar-refractivity contribution in [1.82, 2.24) is 29.9 Å². The molecule has 1 saturated heterocycles. The van der Waals surface area contributed by atoms with E-state index < -0.39 is 6.04 Å². The first-order valence-corrected chi connectivity index (χ1v) is 9.70. The van der Waals surface area contributed by atoms with E-state index in [1.165, 1.54) is 5.56 Å². The molecule has 1 fully saturated rings. The lowest BCUT2D eigenvalue weighted by molar-refractivity contribution is -0.134. The molecule has 2 N–H and O–H groups in total. The molecule has 0 unspecified atom stereocenters. The second-order valence-corrected chi connectivity index (χ2v) is 7.30. The average Bonchev–Trinajstić information content (AvgIpc) is 3.14. The van der Waals surface area contributed by atoms with Gasteiger partial charge in [-0.2, -0.15) is 0 Å². The van der Waals surface area contributed by atoms with Crippen LogP contribution in [0.3, 0.4) is 0 Å². The number of piperazine rings is 1. The summed E-state index contributed by atoms with van der Waals surface area (Å²) < 4.78 is 1.88. The third-order valence-corrected chi connectivity index (χ3v) is 5.19. The Kier molecular flexibility index (Phi) is 5.53. The van der Waals surface area contributed by atoms with E-state index in [0.717, 1.165) is 23.4 Å². The van der Waals surface area contributed by atoms with Crippen molar-refractivity contribution in [3.05, 3.63) is 65.9 Å². The number of rotatable bonds is 6. The summed E-state index contributed by atoms with van der Waals surface area (Å²) in [6.07, 6.45) is 6.99. The number of carbonyl (C=O) groups excluding carboxylic acids is 2. The number of imidazole rings is 1. The molecular weight excluding hydrogens is 368 g/mol. The lowest BCUT2D eigenvalue weighted by Gasteiger charge is -2.34. The van der Waals surface area contributed by atoms with Crippen LogP contribution in [0.25, 0.3) is 5.65 Å². The maximum Gasteiger partial charge on any atom is 0.237 e. The summed E-state index contributed by atoms with van der Waals surface area (Å²) in [6, 6.07) is 7.78. The lowest BCUT2D eigenvalue weighted by atomic mass is 10.1. The van der Waals surface area contributed by atoms with Gasteiger partial charge in [0.15, 0.2) is 5.65 Å². The van der Waals surface area contributed by atoms with Gasteiger partial charge in [0, 0.05) is 32.0 Å². The van der Waals surface area contributed by atoms with Crippen molar-refractivity contribution in [3.63, 3.8) is 0 Å². The quantitative estimate of drug-likeness (QED) is 0.654. The van der Waals surface area contributed by atoms with Crippen molar-refractivity contribution in [3.8, 4) is 0 Å². The van der Waals surface area contributed by atoms with E-state index in [2.05, 4.69) is 49.8 Å². The third kappa shape index (κ3) is 4.43. The second-order valence-electron chi connectivity index (χ2n) is 7.30. The molecule has 1 aromatic carbocycles. The zero-order valence-corrected chi connectivity index (χ0v) is 16.3. The Bertz CT molecular complexity index is 1010. The highest BCUT2D eigenvalue weighted by atomic mass is 16.2. The summed E-state index contributed by atoms with van der Waals surface area (Å²) in [5.41, 5.74) is 3.92. The maximum atomic E-state index is 12.6. The number of aryl methyl sites for hydroxylation is 1. The monoisotopic (exact) mass is 392 g/mol. The Labute approximate surface area is 169 Å². The first kappa shape index (κ1) is 19.1. The Balaban J connectivity index is 1.39. The van der Waals surface area contributed by atoms with Crippen LogP contribution in [-0.4, -0.2) is 50.2 Å². The number of amides is 2. The van der Waals surface area contributed by atoms with Gasteiger partial charge in [-0.1, -0.05) is 29.8 Å². The Morgan fingerprint density at radius 3 is 2.93 bits per heavy atom. The third-order valence-electron chi connectivity index (χ3n) is 5.19. The van der Waals surface area contributed by atoms with Crippen molar-refractivity contribution < 1.29 is 9.59 Å². The number of benzene rings is 1. The van der Waals surface area contributed by atoms with Crippen LogP contribution in [0, 0.1) is 6.92 Å². The zero-order valence-electron chi connectivity index (χ0n) is 16.3. The molecule has 8 nitrogen and oxygen atoms in total. The molecule has 29 heavy (non-hydrogen) atoms.